The van der Waals surface area contributed by atoms with Crippen LogP contribution in [0, 0.1) is 0 Å². The minimum absolute atomic E-state index is 0.131. The van der Waals surface area contributed by atoms with Gasteiger partial charge in [-0.25, -0.2) is 0 Å². The molecule has 1 saturated heterocycles. The van der Waals surface area contributed by atoms with Crippen molar-refractivity contribution in [3.63, 3.8) is 0 Å². The van der Waals surface area contributed by atoms with Gasteiger partial charge in [-0.15, -0.1) is 0 Å². The maximum absolute atomic E-state index is 6.52. The molecule has 0 aromatic heterocycles. The van der Waals surface area contributed by atoms with Gasteiger partial charge in [-0.05, 0) is 46.5 Å². The largest absolute Gasteiger partial charge is 0.413 e. The van der Waals surface area contributed by atoms with E-state index in [4.69, 9.17) is 28.1 Å². The van der Waals surface area contributed by atoms with Crippen molar-refractivity contribution in [2.45, 2.75) is 82.8 Å². The van der Waals surface area contributed by atoms with Crippen LogP contribution in [0.4, 0.5) is 0 Å². The van der Waals surface area contributed by atoms with E-state index in [2.05, 4.69) is 58.7 Å². The average Bonchev–Trinajstić information content (AvgIpc) is 2.93. The van der Waals surface area contributed by atoms with Gasteiger partial charge in [0, 0.05) is 7.11 Å². The van der Waals surface area contributed by atoms with Gasteiger partial charge >= 0.3 is 0 Å². The highest BCUT2D eigenvalue weighted by molar-refractivity contribution is 6.74. The zero-order valence-electron chi connectivity index (χ0n) is 24.2. The van der Waals surface area contributed by atoms with Crippen molar-refractivity contribution in [2.75, 3.05) is 20.3 Å². The van der Waals surface area contributed by atoms with E-state index in [9.17, 15) is 0 Å². The molecule has 0 amide bonds. The van der Waals surface area contributed by atoms with E-state index in [0.29, 0.717) is 26.4 Å². The molecule has 7 heteroatoms. The van der Waals surface area contributed by atoms with Crippen LogP contribution in [-0.2, 0) is 41.3 Å². The van der Waals surface area contributed by atoms with Gasteiger partial charge in [-0.1, -0.05) is 88.0 Å². The number of rotatable bonds is 11. The van der Waals surface area contributed by atoms with Gasteiger partial charge in [0.15, 0.2) is 14.6 Å². The van der Waals surface area contributed by atoms with Gasteiger partial charge in [0.2, 0.25) is 0 Å². The van der Waals surface area contributed by atoms with E-state index in [1.54, 1.807) is 7.11 Å². The molecular weight excluding hydrogens is 508 g/mol. The monoisotopic (exact) mass is 552 g/mol. The van der Waals surface area contributed by atoms with E-state index in [0.717, 1.165) is 22.3 Å². The van der Waals surface area contributed by atoms with Crippen LogP contribution in [0.1, 0.15) is 31.9 Å². The van der Waals surface area contributed by atoms with Gasteiger partial charge < -0.3 is 28.1 Å². The molecule has 2 aliphatic rings. The first-order valence-electron chi connectivity index (χ1n) is 13.7. The van der Waals surface area contributed by atoms with Crippen LogP contribution in [0.25, 0.3) is 0 Å². The summed E-state index contributed by atoms with van der Waals surface area (Å²) in [6, 6.07) is 20.2. The summed E-state index contributed by atoms with van der Waals surface area (Å²) in [6.07, 6.45) is -0.0948. The lowest BCUT2D eigenvalue weighted by Gasteiger charge is -2.46. The molecule has 4 rings (SSSR count). The van der Waals surface area contributed by atoms with Crippen molar-refractivity contribution in [3.05, 3.63) is 95.6 Å². The molecule has 2 heterocycles. The maximum Gasteiger partial charge on any atom is 0.192 e. The predicted octanol–water partition coefficient (Wildman–Crippen LogP) is 6.43. The highest BCUT2D eigenvalue weighted by atomic mass is 28.4. The Hall–Kier alpha value is -2.10. The summed E-state index contributed by atoms with van der Waals surface area (Å²) >= 11 is 0. The molecule has 2 aliphatic heterocycles. The third-order valence-corrected chi connectivity index (χ3v) is 12.5. The van der Waals surface area contributed by atoms with Gasteiger partial charge in [0.1, 0.15) is 24.4 Å². The maximum atomic E-state index is 6.52. The fourth-order valence-corrected chi connectivity index (χ4v) is 5.45. The van der Waals surface area contributed by atoms with Crippen LogP contribution in [0.3, 0.4) is 0 Å². The zero-order valence-corrected chi connectivity index (χ0v) is 25.2. The normalized spacial score (nSPS) is 25.6. The SMILES string of the molecule is C=C(CO[Si](C)(C)C(C)(C)C)C1=C[C@H]2O[C@H](OC)[C@H](OCc3ccccc3)[C@@H](OCc3ccccc3)[C@@H]2OC1. The molecule has 0 bridgehead atoms. The second-order valence-corrected chi connectivity index (χ2v) is 16.7. The molecule has 1 fully saturated rings. The lowest BCUT2D eigenvalue weighted by atomic mass is 9.93. The Morgan fingerprint density at radius 1 is 0.923 bits per heavy atom. The van der Waals surface area contributed by atoms with Crippen molar-refractivity contribution in [2.24, 2.45) is 0 Å². The van der Waals surface area contributed by atoms with Gasteiger partial charge in [-0.2, -0.15) is 0 Å². The lowest BCUT2D eigenvalue weighted by molar-refractivity contribution is -0.309. The second-order valence-electron chi connectivity index (χ2n) is 11.8. The Morgan fingerprint density at radius 3 is 2.03 bits per heavy atom. The van der Waals surface area contributed by atoms with Crippen LogP contribution >= 0.6 is 0 Å². The van der Waals surface area contributed by atoms with Crippen molar-refractivity contribution >= 4 is 8.32 Å². The topological polar surface area (TPSA) is 55.4 Å². The smallest absolute Gasteiger partial charge is 0.192 e. The summed E-state index contributed by atoms with van der Waals surface area (Å²) in [7, 11) is -0.262. The summed E-state index contributed by atoms with van der Waals surface area (Å²) in [5.74, 6) is 0. The average molecular weight is 553 g/mol. The van der Waals surface area contributed by atoms with Crippen LogP contribution < -0.4 is 0 Å². The summed E-state index contributed by atoms with van der Waals surface area (Å²) in [6.45, 7) is 17.3. The number of hydrogen-bond acceptors (Lipinski definition) is 6. The number of benzene rings is 2. The molecule has 39 heavy (non-hydrogen) atoms. The highest BCUT2D eigenvalue weighted by Gasteiger charge is 2.49. The first-order valence-corrected chi connectivity index (χ1v) is 16.6. The van der Waals surface area contributed by atoms with Gasteiger partial charge in [-0.3, -0.25) is 0 Å². The molecular formula is C32H44O6Si. The second kappa shape index (κ2) is 13.0. The van der Waals surface area contributed by atoms with Crippen LogP contribution in [0.2, 0.25) is 18.1 Å². The third-order valence-electron chi connectivity index (χ3n) is 8.00. The summed E-state index contributed by atoms with van der Waals surface area (Å²) in [4.78, 5) is 0. The van der Waals surface area contributed by atoms with Crippen molar-refractivity contribution in [3.8, 4) is 0 Å². The summed E-state index contributed by atoms with van der Waals surface area (Å²) in [5.41, 5.74) is 4.07. The van der Waals surface area contributed by atoms with E-state index in [1.807, 2.05) is 48.5 Å². The van der Waals surface area contributed by atoms with Crippen LogP contribution in [0.15, 0.2) is 84.5 Å². The minimum atomic E-state index is -1.90. The number of methoxy groups -OCH3 is 1. The number of fused-ring (bicyclic) bond motifs is 1. The standard InChI is InChI=1S/C32H44O6Si/c1-23(19-37-39(6,7)32(2,3)4)26-18-27-28(36-22-26)29(34-20-24-14-10-8-11-15-24)30(31(33-5)38-27)35-21-25-16-12-9-13-17-25/h8-18,27-31H,1,19-22H2,2-7H3/t27-,28-,29+,30-,31+/m1/s1. The Bertz CT molecular complexity index is 1090. The Labute approximate surface area is 235 Å². The third kappa shape index (κ3) is 7.55. The molecule has 2 aromatic rings. The summed E-state index contributed by atoms with van der Waals surface area (Å²) < 4.78 is 38.0. The van der Waals surface area contributed by atoms with E-state index < -0.39 is 26.8 Å². The highest BCUT2D eigenvalue weighted by Crippen LogP contribution is 2.38. The molecule has 6 nitrogen and oxygen atoms in total. The molecule has 0 unspecified atom stereocenters. The molecule has 0 spiro atoms. The Kier molecular flexibility index (Phi) is 9.99. The molecule has 0 saturated carbocycles. The van der Waals surface area contributed by atoms with Gasteiger partial charge in [0.05, 0.1) is 26.4 Å². The first-order chi connectivity index (χ1) is 18.6. The Balaban J connectivity index is 1.51. The van der Waals surface area contributed by atoms with Crippen LogP contribution in [0.5, 0.6) is 0 Å². The first kappa shape index (κ1) is 29.9. The quantitative estimate of drug-likeness (QED) is 0.300. The fourth-order valence-electron chi connectivity index (χ4n) is 4.48. The van der Waals surface area contributed by atoms with Crippen molar-refractivity contribution in [1.29, 1.82) is 0 Å². The van der Waals surface area contributed by atoms with Gasteiger partial charge in [0.25, 0.3) is 0 Å². The molecule has 0 radical (unpaired) electrons. The molecule has 2 aromatic carbocycles. The van der Waals surface area contributed by atoms with Crippen molar-refractivity contribution in [1.82, 2.24) is 0 Å². The van der Waals surface area contributed by atoms with Crippen molar-refractivity contribution < 1.29 is 28.1 Å². The minimum Gasteiger partial charge on any atom is -0.413 e. The lowest BCUT2D eigenvalue weighted by Crippen LogP contribution is -2.61. The zero-order chi connectivity index (χ0) is 28.0. The molecule has 0 aliphatic carbocycles. The number of hydrogen-bond donors (Lipinski definition) is 0. The molecule has 212 valence electrons. The van der Waals surface area contributed by atoms with E-state index in [1.165, 1.54) is 0 Å². The molecule has 5 atom stereocenters. The number of ether oxygens (including phenoxy) is 5. The summed E-state index contributed by atoms with van der Waals surface area (Å²) in [5, 5.41) is 0.131. The predicted molar refractivity (Wildman–Crippen MR) is 156 cm³/mol. The molecule has 0 N–H and O–H groups in total. The van der Waals surface area contributed by atoms with Crippen LogP contribution in [-0.4, -0.2) is 59.3 Å². The Morgan fingerprint density at radius 2 is 1.49 bits per heavy atom. The van der Waals surface area contributed by atoms with E-state index in [-0.39, 0.29) is 17.2 Å². The fraction of sp³-hybridized carbons (Fsp3) is 0.500. The van der Waals surface area contributed by atoms with E-state index >= 15 is 0 Å².